The molecule has 0 aromatic heterocycles. The first-order valence-corrected chi connectivity index (χ1v) is 8.03. The molecule has 1 N–H and O–H groups in total. The van der Waals surface area contributed by atoms with Crippen LogP contribution in [-0.4, -0.2) is 42.1 Å². The number of hydrogen-bond acceptors (Lipinski definition) is 8. The fraction of sp³-hybridized carbons (Fsp3) is 0.412. The van der Waals surface area contributed by atoms with E-state index in [1.165, 1.54) is 19.1 Å². The Balaban J connectivity index is 2.13. The van der Waals surface area contributed by atoms with Gasteiger partial charge in [-0.25, -0.2) is 4.79 Å². The molecular weight excluding hydrogens is 340 g/mol. The smallest absolute Gasteiger partial charge is 0.338 e. The Hall–Kier alpha value is -3.28. The van der Waals surface area contributed by atoms with E-state index >= 15 is 0 Å². The van der Waals surface area contributed by atoms with Crippen molar-refractivity contribution in [2.24, 2.45) is 5.92 Å². The van der Waals surface area contributed by atoms with Gasteiger partial charge >= 0.3 is 5.97 Å². The van der Waals surface area contributed by atoms with Crippen molar-refractivity contribution >= 4 is 28.8 Å². The number of benzene rings is 1. The Morgan fingerprint density at radius 2 is 2.08 bits per heavy atom. The van der Waals surface area contributed by atoms with Crippen LogP contribution in [0.3, 0.4) is 0 Å². The minimum absolute atomic E-state index is 0.0486. The Morgan fingerprint density at radius 1 is 1.42 bits per heavy atom. The normalized spacial score (nSPS) is 14.4. The third kappa shape index (κ3) is 4.22. The second-order valence-electron chi connectivity index (χ2n) is 5.94. The number of carbonyl (C=O) groups is 2. The zero-order valence-electron chi connectivity index (χ0n) is 14.2. The Labute approximate surface area is 149 Å². The maximum atomic E-state index is 12.1. The van der Waals surface area contributed by atoms with Crippen molar-refractivity contribution in [1.82, 2.24) is 0 Å². The average Bonchev–Trinajstić information content (AvgIpc) is 3.13. The van der Waals surface area contributed by atoms with Crippen molar-refractivity contribution in [1.29, 1.82) is 10.7 Å². The minimum Gasteiger partial charge on any atom is -0.454 e. The number of nitrogens with zero attached hydrogens (tertiary/aromatic N) is 3. The van der Waals surface area contributed by atoms with E-state index in [9.17, 15) is 19.7 Å². The van der Waals surface area contributed by atoms with Crippen molar-refractivity contribution in [3.05, 3.63) is 33.9 Å². The van der Waals surface area contributed by atoms with Crippen molar-refractivity contribution < 1.29 is 19.2 Å². The van der Waals surface area contributed by atoms with Crippen molar-refractivity contribution in [3.8, 4) is 6.07 Å². The molecule has 1 fully saturated rings. The van der Waals surface area contributed by atoms with Crippen LogP contribution in [0.1, 0.15) is 30.1 Å². The predicted molar refractivity (Wildman–Crippen MR) is 92.3 cm³/mol. The zero-order valence-corrected chi connectivity index (χ0v) is 14.2. The number of rotatable bonds is 7. The summed E-state index contributed by atoms with van der Waals surface area (Å²) < 4.78 is 4.85. The van der Waals surface area contributed by atoms with Gasteiger partial charge < -0.3 is 15.0 Å². The van der Waals surface area contributed by atoms with E-state index in [4.69, 9.17) is 15.4 Å². The highest BCUT2D eigenvalue weighted by molar-refractivity contribution is 6.06. The van der Waals surface area contributed by atoms with Crippen LogP contribution in [-0.2, 0) is 9.53 Å². The van der Waals surface area contributed by atoms with Gasteiger partial charge in [0.15, 0.2) is 12.4 Å². The number of anilines is 1. The standard InChI is InChI=1S/C17H18N4O5/c1-11(19)13(9-18)16(22)10-26-17(23)12-4-5-14(15(8-12)21(24)25)20-6-2-3-7-20/h4-5,8,13,19H,2-3,6-7,10H2,1H3. The number of nitrogens with one attached hydrogen (secondary N) is 1. The van der Waals surface area contributed by atoms with E-state index in [1.54, 1.807) is 6.07 Å². The highest BCUT2D eigenvalue weighted by Crippen LogP contribution is 2.31. The first-order valence-electron chi connectivity index (χ1n) is 8.03. The molecule has 0 radical (unpaired) electrons. The van der Waals surface area contributed by atoms with E-state index in [2.05, 4.69) is 0 Å². The lowest BCUT2D eigenvalue weighted by Crippen LogP contribution is -2.25. The number of nitro benzene ring substituents is 1. The molecule has 1 heterocycles. The van der Waals surface area contributed by atoms with Gasteiger partial charge in [-0.1, -0.05) is 0 Å². The van der Waals surface area contributed by atoms with Gasteiger partial charge in [-0.15, -0.1) is 0 Å². The van der Waals surface area contributed by atoms with Gasteiger partial charge in [0.25, 0.3) is 5.69 Å². The molecule has 0 spiro atoms. The first-order chi connectivity index (χ1) is 12.3. The highest BCUT2D eigenvalue weighted by Gasteiger charge is 2.25. The van der Waals surface area contributed by atoms with Crippen LogP contribution in [0.15, 0.2) is 18.2 Å². The summed E-state index contributed by atoms with van der Waals surface area (Å²) in [5, 5.41) is 27.5. The molecule has 9 heteroatoms. The summed E-state index contributed by atoms with van der Waals surface area (Å²) in [7, 11) is 0. The average molecular weight is 358 g/mol. The summed E-state index contributed by atoms with van der Waals surface area (Å²) in [6.45, 7) is 2.08. The molecule has 0 saturated carbocycles. The Bertz CT molecular complexity index is 793. The maximum absolute atomic E-state index is 12.1. The number of Topliss-reactive ketones (excluding diaryl/α,β-unsaturated/α-hetero) is 1. The summed E-state index contributed by atoms with van der Waals surface area (Å²) in [6, 6.07) is 5.71. The number of nitro groups is 1. The van der Waals surface area contributed by atoms with Gasteiger partial charge in [-0.05, 0) is 31.9 Å². The summed E-state index contributed by atoms with van der Waals surface area (Å²) in [4.78, 5) is 36.6. The first kappa shape index (κ1) is 19.1. The largest absolute Gasteiger partial charge is 0.454 e. The highest BCUT2D eigenvalue weighted by atomic mass is 16.6. The van der Waals surface area contributed by atoms with E-state index < -0.39 is 29.2 Å². The van der Waals surface area contributed by atoms with Gasteiger partial charge in [0.1, 0.15) is 11.6 Å². The van der Waals surface area contributed by atoms with E-state index in [1.807, 2.05) is 4.90 Å². The lowest BCUT2D eigenvalue weighted by Gasteiger charge is -2.17. The van der Waals surface area contributed by atoms with E-state index in [0.29, 0.717) is 5.69 Å². The van der Waals surface area contributed by atoms with E-state index in [0.717, 1.165) is 32.0 Å². The van der Waals surface area contributed by atoms with Crippen molar-refractivity contribution in [2.45, 2.75) is 19.8 Å². The molecule has 1 aliphatic heterocycles. The van der Waals surface area contributed by atoms with Crippen LogP contribution in [0.4, 0.5) is 11.4 Å². The molecule has 26 heavy (non-hydrogen) atoms. The third-order valence-electron chi connectivity index (χ3n) is 4.08. The number of ketones is 1. The molecule has 9 nitrogen and oxygen atoms in total. The molecule has 1 aromatic carbocycles. The molecule has 2 rings (SSSR count). The minimum atomic E-state index is -1.27. The molecule has 1 atom stereocenters. The third-order valence-corrected chi connectivity index (χ3v) is 4.08. The van der Waals surface area contributed by atoms with Crippen LogP contribution >= 0.6 is 0 Å². The second-order valence-corrected chi connectivity index (χ2v) is 5.94. The van der Waals surface area contributed by atoms with Crippen LogP contribution in [0, 0.1) is 32.8 Å². The predicted octanol–water partition coefficient (Wildman–Crippen LogP) is 2.10. The van der Waals surface area contributed by atoms with Gasteiger partial charge in [0, 0.05) is 24.9 Å². The van der Waals surface area contributed by atoms with Crippen LogP contribution in [0.25, 0.3) is 0 Å². The summed E-state index contributed by atoms with van der Waals surface area (Å²) in [6.07, 6.45) is 1.91. The van der Waals surface area contributed by atoms with Crippen molar-refractivity contribution in [3.63, 3.8) is 0 Å². The molecule has 0 amide bonds. The fourth-order valence-corrected chi connectivity index (χ4v) is 2.74. The molecule has 136 valence electrons. The maximum Gasteiger partial charge on any atom is 0.338 e. The van der Waals surface area contributed by atoms with Gasteiger partial charge in [-0.2, -0.15) is 5.26 Å². The lowest BCUT2D eigenvalue weighted by molar-refractivity contribution is -0.384. The molecule has 1 unspecified atom stereocenters. The lowest BCUT2D eigenvalue weighted by atomic mass is 10.0. The quantitative estimate of drug-likeness (QED) is 0.341. The number of hydrogen-bond donors (Lipinski definition) is 1. The number of ether oxygens (including phenoxy) is 1. The van der Waals surface area contributed by atoms with Crippen LogP contribution in [0.2, 0.25) is 0 Å². The molecule has 1 saturated heterocycles. The van der Waals surface area contributed by atoms with Crippen LogP contribution in [0.5, 0.6) is 0 Å². The van der Waals surface area contributed by atoms with Gasteiger partial charge in [-0.3, -0.25) is 14.9 Å². The SMILES string of the molecule is CC(=N)C(C#N)C(=O)COC(=O)c1ccc(N2CCCC2)c([N+](=O)[O-])c1. The Morgan fingerprint density at radius 3 is 2.62 bits per heavy atom. The number of esters is 1. The van der Waals surface area contributed by atoms with Crippen molar-refractivity contribution in [2.75, 3.05) is 24.6 Å². The molecule has 0 aliphatic carbocycles. The fourth-order valence-electron chi connectivity index (χ4n) is 2.74. The van der Waals surface area contributed by atoms with Gasteiger partial charge in [0.2, 0.25) is 0 Å². The topological polar surface area (TPSA) is 137 Å². The Kier molecular flexibility index (Phi) is 6.01. The second kappa shape index (κ2) is 8.20. The van der Waals surface area contributed by atoms with Gasteiger partial charge in [0.05, 0.1) is 16.6 Å². The summed E-state index contributed by atoms with van der Waals surface area (Å²) in [5.74, 6) is -2.88. The molecule has 0 bridgehead atoms. The number of carbonyl (C=O) groups excluding carboxylic acids is 2. The zero-order chi connectivity index (χ0) is 19.3. The number of nitriles is 1. The van der Waals surface area contributed by atoms with Crippen LogP contribution < -0.4 is 4.90 Å². The summed E-state index contributed by atoms with van der Waals surface area (Å²) >= 11 is 0. The van der Waals surface area contributed by atoms with E-state index in [-0.39, 0.29) is 17.0 Å². The molecule has 1 aliphatic rings. The summed E-state index contributed by atoms with van der Waals surface area (Å²) in [5.41, 5.74) is 0.0636. The monoisotopic (exact) mass is 358 g/mol. The molecular formula is C17H18N4O5. The molecule has 1 aromatic rings.